The van der Waals surface area contributed by atoms with E-state index in [-0.39, 0.29) is 30.0 Å². The van der Waals surface area contributed by atoms with Gasteiger partial charge in [-0.05, 0) is 62.5 Å². The Morgan fingerprint density at radius 2 is 1.87 bits per heavy atom. The van der Waals surface area contributed by atoms with E-state index in [0.29, 0.717) is 5.92 Å². The summed E-state index contributed by atoms with van der Waals surface area (Å²) < 4.78 is 5.76. The van der Waals surface area contributed by atoms with Crippen molar-refractivity contribution in [1.29, 1.82) is 0 Å². The first-order valence-electron chi connectivity index (χ1n) is 11.4. The van der Waals surface area contributed by atoms with Crippen LogP contribution < -0.4 is 15.5 Å². The number of guanidine groups is 1. The van der Waals surface area contributed by atoms with Gasteiger partial charge in [-0.25, -0.2) is 0 Å². The maximum Gasteiger partial charge on any atom is 0.191 e. The predicted molar refractivity (Wildman–Crippen MR) is 138 cm³/mol. The van der Waals surface area contributed by atoms with Crippen molar-refractivity contribution in [3.05, 3.63) is 54.5 Å². The molecular formula is C24H36IN5O. The quantitative estimate of drug-likeness (QED) is 0.316. The van der Waals surface area contributed by atoms with Gasteiger partial charge in [0.15, 0.2) is 5.96 Å². The van der Waals surface area contributed by atoms with E-state index < -0.39 is 0 Å². The number of likely N-dealkylation sites (tertiary alicyclic amines) is 1. The van der Waals surface area contributed by atoms with Crippen LogP contribution in [0.5, 0.6) is 0 Å². The minimum atomic E-state index is 0. The smallest absolute Gasteiger partial charge is 0.191 e. The van der Waals surface area contributed by atoms with Gasteiger partial charge in [0.05, 0.1) is 12.3 Å². The number of hydrogen-bond acceptors (Lipinski definition) is 4. The van der Waals surface area contributed by atoms with E-state index in [4.69, 9.17) is 4.42 Å². The second kappa shape index (κ2) is 12.3. The predicted octanol–water partition coefficient (Wildman–Crippen LogP) is 4.12. The Kier molecular flexibility index (Phi) is 9.52. The standard InChI is InChI=1S/C24H35N5O.HI/c1-25-24(26-17-20-12-15-29(19-20)21-9-4-2-5-10-21)27-18-22(23-11-8-16-30-23)28-13-6-3-7-14-28;/h2,4-5,8-11,16,20,22H,3,6-7,12-15,17-19H2,1H3,(H2,25,26,27);1H. The van der Waals surface area contributed by atoms with Crippen molar-refractivity contribution in [1.82, 2.24) is 15.5 Å². The van der Waals surface area contributed by atoms with Crippen LogP contribution in [0.15, 0.2) is 58.1 Å². The van der Waals surface area contributed by atoms with Gasteiger partial charge in [0.2, 0.25) is 0 Å². The molecule has 1 aromatic carbocycles. The Bertz CT molecular complexity index is 777. The van der Waals surface area contributed by atoms with Crippen molar-refractivity contribution in [2.24, 2.45) is 10.9 Å². The highest BCUT2D eigenvalue weighted by Gasteiger charge is 2.25. The van der Waals surface area contributed by atoms with Crippen molar-refractivity contribution < 1.29 is 4.42 Å². The van der Waals surface area contributed by atoms with Crippen molar-refractivity contribution >= 4 is 35.6 Å². The summed E-state index contributed by atoms with van der Waals surface area (Å²) in [5.41, 5.74) is 1.32. The van der Waals surface area contributed by atoms with Crippen molar-refractivity contribution in [2.75, 3.05) is 51.2 Å². The highest BCUT2D eigenvalue weighted by Crippen LogP contribution is 2.25. The normalized spacial score (nSPS) is 20.9. The lowest BCUT2D eigenvalue weighted by molar-refractivity contribution is 0.146. The molecule has 2 saturated heterocycles. The zero-order valence-corrected chi connectivity index (χ0v) is 20.8. The van der Waals surface area contributed by atoms with Crippen LogP contribution in [0.1, 0.15) is 37.5 Å². The van der Waals surface area contributed by atoms with Crippen molar-refractivity contribution in [2.45, 2.75) is 31.7 Å². The average Bonchev–Trinajstić information content (AvgIpc) is 3.50. The number of anilines is 1. The number of nitrogens with one attached hydrogen (secondary N) is 2. The number of para-hydroxylation sites is 1. The molecular weight excluding hydrogens is 501 g/mol. The first kappa shape index (κ1) is 23.9. The summed E-state index contributed by atoms with van der Waals surface area (Å²) in [7, 11) is 1.85. The minimum absolute atomic E-state index is 0. The third kappa shape index (κ3) is 6.62. The van der Waals surface area contributed by atoms with E-state index in [1.54, 1.807) is 6.26 Å². The maximum atomic E-state index is 5.76. The van der Waals surface area contributed by atoms with Gasteiger partial charge in [-0.2, -0.15) is 0 Å². The zero-order chi connectivity index (χ0) is 20.6. The third-order valence-electron chi connectivity index (χ3n) is 6.35. The zero-order valence-electron chi connectivity index (χ0n) is 18.5. The van der Waals surface area contributed by atoms with E-state index in [1.807, 2.05) is 13.1 Å². The Morgan fingerprint density at radius 3 is 2.58 bits per heavy atom. The molecule has 6 nitrogen and oxygen atoms in total. The van der Waals surface area contributed by atoms with Crippen LogP contribution in [0.25, 0.3) is 0 Å². The molecule has 0 spiro atoms. The van der Waals surface area contributed by atoms with E-state index in [9.17, 15) is 0 Å². The molecule has 0 saturated carbocycles. The fourth-order valence-electron chi connectivity index (χ4n) is 4.65. The minimum Gasteiger partial charge on any atom is -0.468 e. The summed E-state index contributed by atoms with van der Waals surface area (Å²) in [6, 6.07) is 15.0. The van der Waals surface area contributed by atoms with Crippen LogP contribution in [0.4, 0.5) is 5.69 Å². The van der Waals surface area contributed by atoms with Crippen LogP contribution >= 0.6 is 24.0 Å². The molecule has 0 radical (unpaired) electrons. The number of piperidine rings is 1. The Balaban J connectivity index is 0.00000272. The summed E-state index contributed by atoms with van der Waals surface area (Å²) in [5.74, 6) is 2.54. The summed E-state index contributed by atoms with van der Waals surface area (Å²) in [6.45, 7) is 6.23. The van der Waals surface area contributed by atoms with Gasteiger partial charge in [-0.3, -0.25) is 9.89 Å². The molecule has 7 heteroatoms. The van der Waals surface area contributed by atoms with E-state index >= 15 is 0 Å². The molecule has 3 heterocycles. The lowest BCUT2D eigenvalue weighted by Crippen LogP contribution is -2.45. The third-order valence-corrected chi connectivity index (χ3v) is 6.35. The van der Waals surface area contributed by atoms with Crippen LogP contribution in [0.2, 0.25) is 0 Å². The number of halogens is 1. The summed E-state index contributed by atoms with van der Waals surface area (Å²) in [5, 5.41) is 7.10. The van der Waals surface area contributed by atoms with Gasteiger partial charge < -0.3 is 20.0 Å². The largest absolute Gasteiger partial charge is 0.468 e. The molecule has 2 aromatic rings. The lowest BCUT2D eigenvalue weighted by Gasteiger charge is -2.33. The van der Waals surface area contributed by atoms with Gasteiger partial charge in [0.1, 0.15) is 5.76 Å². The van der Waals surface area contributed by atoms with Crippen LogP contribution in [0, 0.1) is 5.92 Å². The van der Waals surface area contributed by atoms with Crippen LogP contribution in [0.3, 0.4) is 0 Å². The van der Waals surface area contributed by atoms with E-state index in [1.165, 1.54) is 31.4 Å². The number of rotatable bonds is 7. The summed E-state index contributed by atoms with van der Waals surface area (Å²) >= 11 is 0. The fraction of sp³-hybridized carbons (Fsp3) is 0.542. The van der Waals surface area contributed by atoms with Crippen LogP contribution in [-0.2, 0) is 0 Å². The highest BCUT2D eigenvalue weighted by atomic mass is 127. The van der Waals surface area contributed by atoms with Crippen molar-refractivity contribution in [3.63, 3.8) is 0 Å². The molecule has 2 fully saturated rings. The Hall–Kier alpha value is -1.74. The van der Waals surface area contributed by atoms with Gasteiger partial charge >= 0.3 is 0 Å². The van der Waals surface area contributed by atoms with Gasteiger partial charge in [-0.15, -0.1) is 24.0 Å². The topological polar surface area (TPSA) is 56.0 Å². The number of aliphatic imine (C=N–C) groups is 1. The first-order chi connectivity index (χ1) is 14.8. The number of nitrogens with zero attached hydrogens (tertiary/aromatic N) is 3. The molecule has 2 aliphatic rings. The summed E-state index contributed by atoms with van der Waals surface area (Å²) in [4.78, 5) is 9.47. The molecule has 0 aliphatic carbocycles. The van der Waals surface area contributed by atoms with Gasteiger partial charge in [0, 0.05) is 38.9 Å². The Morgan fingerprint density at radius 1 is 1.06 bits per heavy atom. The second-order valence-electron chi connectivity index (χ2n) is 8.40. The SMILES string of the molecule is CN=C(NCC1CCN(c2ccccc2)C1)NCC(c1ccco1)N1CCCCC1.I. The summed E-state index contributed by atoms with van der Waals surface area (Å²) in [6.07, 6.45) is 6.85. The molecule has 2 unspecified atom stereocenters. The average molecular weight is 537 g/mol. The fourth-order valence-corrected chi connectivity index (χ4v) is 4.65. The Labute approximate surface area is 203 Å². The molecule has 4 rings (SSSR count). The number of hydrogen-bond donors (Lipinski definition) is 2. The lowest BCUT2D eigenvalue weighted by atomic mass is 10.1. The monoisotopic (exact) mass is 537 g/mol. The molecule has 0 bridgehead atoms. The molecule has 2 atom stereocenters. The van der Waals surface area contributed by atoms with Crippen molar-refractivity contribution in [3.8, 4) is 0 Å². The van der Waals surface area contributed by atoms with Crippen LogP contribution in [-0.4, -0.2) is 57.2 Å². The molecule has 2 N–H and O–H groups in total. The number of benzene rings is 1. The molecule has 0 amide bonds. The van der Waals surface area contributed by atoms with Gasteiger partial charge in [-0.1, -0.05) is 24.6 Å². The number of furan rings is 1. The highest BCUT2D eigenvalue weighted by molar-refractivity contribution is 14.0. The maximum absolute atomic E-state index is 5.76. The van der Waals surface area contributed by atoms with Gasteiger partial charge in [0.25, 0.3) is 0 Å². The second-order valence-corrected chi connectivity index (χ2v) is 8.40. The van der Waals surface area contributed by atoms with E-state index in [2.05, 4.69) is 61.8 Å². The molecule has 1 aromatic heterocycles. The molecule has 31 heavy (non-hydrogen) atoms. The van der Waals surface area contributed by atoms with E-state index in [0.717, 1.165) is 51.0 Å². The molecule has 2 aliphatic heterocycles. The molecule has 170 valence electrons. The first-order valence-corrected chi connectivity index (χ1v) is 11.4.